The van der Waals surface area contributed by atoms with E-state index in [0.29, 0.717) is 23.4 Å². The third-order valence-corrected chi connectivity index (χ3v) is 6.22. The smallest absolute Gasteiger partial charge is 0.237 e. The van der Waals surface area contributed by atoms with Crippen LogP contribution in [0, 0.1) is 0 Å². The molecule has 120 valence electrons. The molecule has 0 spiro atoms. The lowest BCUT2D eigenvalue weighted by molar-refractivity contribution is 0.391. The van der Waals surface area contributed by atoms with E-state index in [1.54, 1.807) is 23.1 Å². The average molecular weight is 412 g/mol. The number of thiophene rings is 1. The summed E-state index contributed by atoms with van der Waals surface area (Å²) < 4.78 is 8.56. The fraction of sp³-hybridized carbons (Fsp3) is 0.429. The Hall–Kier alpha value is -1.19. The van der Waals surface area contributed by atoms with Crippen LogP contribution in [-0.4, -0.2) is 24.9 Å². The van der Waals surface area contributed by atoms with Crippen LogP contribution in [0.25, 0.3) is 10.7 Å². The van der Waals surface area contributed by atoms with Crippen molar-refractivity contribution in [3.05, 3.63) is 27.6 Å². The average Bonchev–Trinajstić information content (AvgIpc) is 2.98. The van der Waals surface area contributed by atoms with Gasteiger partial charge in [-0.1, -0.05) is 16.9 Å². The molecule has 1 aliphatic carbocycles. The number of rotatable bonds is 6. The van der Waals surface area contributed by atoms with Crippen molar-refractivity contribution in [1.82, 2.24) is 24.9 Å². The second kappa shape index (κ2) is 6.37. The predicted octanol–water partition coefficient (Wildman–Crippen LogP) is 4.34. The van der Waals surface area contributed by atoms with Crippen LogP contribution in [-0.2, 0) is 12.3 Å². The van der Waals surface area contributed by atoms with Crippen LogP contribution in [0.1, 0.15) is 37.4 Å². The highest BCUT2D eigenvalue weighted by Crippen LogP contribution is 2.40. The highest BCUT2D eigenvalue weighted by atomic mass is 79.9. The molecule has 1 fully saturated rings. The number of thioether (sulfide) groups is 1. The predicted molar refractivity (Wildman–Crippen MR) is 92.5 cm³/mol. The second-order valence-electron chi connectivity index (χ2n) is 5.29. The molecule has 3 aromatic rings. The van der Waals surface area contributed by atoms with Gasteiger partial charge in [-0.3, -0.25) is 0 Å². The summed E-state index contributed by atoms with van der Waals surface area (Å²) in [6, 6.07) is 1.99. The molecule has 3 heterocycles. The SMILES string of the molecule is CCn1c(SCc2nc(-c3cc(Br)cs3)no2)nnc1C1CC1. The monoisotopic (exact) mass is 411 g/mol. The Labute approximate surface area is 149 Å². The van der Waals surface area contributed by atoms with Crippen molar-refractivity contribution >= 4 is 39.0 Å². The normalized spacial score (nSPS) is 14.5. The van der Waals surface area contributed by atoms with Crippen LogP contribution in [0.3, 0.4) is 0 Å². The Morgan fingerprint density at radius 1 is 1.43 bits per heavy atom. The minimum atomic E-state index is 0.600. The first-order valence-corrected chi connectivity index (χ1v) is 10.0. The molecule has 1 aliphatic rings. The number of nitrogens with zero attached hydrogens (tertiary/aromatic N) is 5. The van der Waals surface area contributed by atoms with Gasteiger partial charge in [0.2, 0.25) is 11.7 Å². The van der Waals surface area contributed by atoms with E-state index in [9.17, 15) is 0 Å². The van der Waals surface area contributed by atoms with Gasteiger partial charge in [0.1, 0.15) is 5.82 Å². The van der Waals surface area contributed by atoms with Crippen LogP contribution in [0.2, 0.25) is 0 Å². The number of hydrogen-bond donors (Lipinski definition) is 0. The number of halogens is 1. The molecule has 9 heteroatoms. The largest absolute Gasteiger partial charge is 0.338 e. The highest BCUT2D eigenvalue weighted by Gasteiger charge is 2.30. The maximum absolute atomic E-state index is 5.34. The fourth-order valence-electron chi connectivity index (χ4n) is 2.32. The van der Waals surface area contributed by atoms with Crippen LogP contribution >= 0.6 is 39.0 Å². The van der Waals surface area contributed by atoms with Gasteiger partial charge in [0.25, 0.3) is 0 Å². The molecule has 0 amide bonds. The van der Waals surface area contributed by atoms with Gasteiger partial charge in [0.05, 0.1) is 10.6 Å². The fourth-order valence-corrected chi connectivity index (χ4v) is 4.52. The topological polar surface area (TPSA) is 69.6 Å². The summed E-state index contributed by atoms with van der Waals surface area (Å²) in [4.78, 5) is 5.44. The maximum Gasteiger partial charge on any atom is 0.237 e. The molecule has 3 aromatic heterocycles. The van der Waals surface area contributed by atoms with Gasteiger partial charge >= 0.3 is 0 Å². The molecule has 0 saturated heterocycles. The summed E-state index contributed by atoms with van der Waals surface area (Å²) >= 11 is 6.61. The number of hydrogen-bond acceptors (Lipinski definition) is 7. The van der Waals surface area contributed by atoms with E-state index in [-0.39, 0.29) is 0 Å². The lowest BCUT2D eigenvalue weighted by Gasteiger charge is -2.04. The molecule has 4 rings (SSSR count). The highest BCUT2D eigenvalue weighted by molar-refractivity contribution is 9.10. The molecule has 0 aromatic carbocycles. The summed E-state index contributed by atoms with van der Waals surface area (Å²) in [6.07, 6.45) is 2.46. The van der Waals surface area contributed by atoms with Gasteiger partial charge in [-0.25, -0.2) is 0 Å². The molecule has 6 nitrogen and oxygen atoms in total. The Morgan fingerprint density at radius 2 is 2.30 bits per heavy atom. The minimum Gasteiger partial charge on any atom is -0.338 e. The van der Waals surface area contributed by atoms with Crippen molar-refractivity contribution in [2.75, 3.05) is 0 Å². The van der Waals surface area contributed by atoms with Gasteiger partial charge in [-0.15, -0.1) is 21.5 Å². The molecular weight excluding hydrogens is 398 g/mol. The van der Waals surface area contributed by atoms with E-state index in [1.807, 2.05) is 11.4 Å². The zero-order chi connectivity index (χ0) is 15.8. The summed E-state index contributed by atoms with van der Waals surface area (Å²) in [7, 11) is 0. The van der Waals surface area contributed by atoms with Crippen LogP contribution in [0.5, 0.6) is 0 Å². The molecular formula is C14H14BrN5OS2. The molecule has 1 saturated carbocycles. The second-order valence-corrected chi connectivity index (χ2v) is 8.06. The van der Waals surface area contributed by atoms with Gasteiger partial charge in [-0.2, -0.15) is 4.98 Å². The first-order chi connectivity index (χ1) is 11.2. The van der Waals surface area contributed by atoms with Crippen molar-refractivity contribution < 1.29 is 4.52 Å². The van der Waals surface area contributed by atoms with Crippen LogP contribution in [0.4, 0.5) is 0 Å². The summed E-state index contributed by atoms with van der Waals surface area (Å²) in [6.45, 7) is 3.01. The van der Waals surface area contributed by atoms with Crippen LogP contribution < -0.4 is 0 Å². The van der Waals surface area contributed by atoms with Gasteiger partial charge in [0, 0.05) is 22.3 Å². The molecule has 0 radical (unpaired) electrons. The Kier molecular flexibility index (Phi) is 4.25. The molecule has 23 heavy (non-hydrogen) atoms. The third kappa shape index (κ3) is 3.22. The Morgan fingerprint density at radius 3 is 3.00 bits per heavy atom. The van der Waals surface area contributed by atoms with Crippen molar-refractivity contribution in [3.63, 3.8) is 0 Å². The molecule has 0 atom stereocenters. The zero-order valence-corrected chi connectivity index (χ0v) is 15.6. The van der Waals surface area contributed by atoms with Crippen LogP contribution in [0.15, 0.2) is 25.6 Å². The van der Waals surface area contributed by atoms with E-state index in [4.69, 9.17) is 4.52 Å². The quantitative estimate of drug-likeness (QED) is 0.561. The summed E-state index contributed by atoms with van der Waals surface area (Å²) in [5, 5.41) is 15.6. The van der Waals surface area contributed by atoms with Gasteiger partial charge in [-0.05, 0) is 41.8 Å². The van der Waals surface area contributed by atoms with Crippen molar-refractivity contribution in [3.8, 4) is 10.7 Å². The van der Waals surface area contributed by atoms with Gasteiger partial charge in [0.15, 0.2) is 5.16 Å². The maximum atomic E-state index is 5.34. The summed E-state index contributed by atoms with van der Waals surface area (Å²) in [5.74, 6) is 3.55. The van der Waals surface area contributed by atoms with Crippen molar-refractivity contribution in [1.29, 1.82) is 0 Å². The lowest BCUT2D eigenvalue weighted by Crippen LogP contribution is -2.02. The Balaban J connectivity index is 1.46. The van der Waals surface area contributed by atoms with Crippen molar-refractivity contribution in [2.24, 2.45) is 0 Å². The van der Waals surface area contributed by atoms with E-state index in [0.717, 1.165) is 26.9 Å². The zero-order valence-electron chi connectivity index (χ0n) is 12.4. The van der Waals surface area contributed by atoms with E-state index < -0.39 is 0 Å². The molecule has 0 N–H and O–H groups in total. The first kappa shape index (κ1) is 15.3. The van der Waals surface area contributed by atoms with Gasteiger partial charge < -0.3 is 9.09 Å². The Bertz CT molecular complexity index is 823. The lowest BCUT2D eigenvalue weighted by atomic mass is 10.4. The van der Waals surface area contributed by atoms with Crippen molar-refractivity contribution in [2.45, 2.75) is 43.1 Å². The summed E-state index contributed by atoms with van der Waals surface area (Å²) in [5.41, 5.74) is 0. The van der Waals surface area contributed by atoms with E-state index in [2.05, 4.69) is 47.8 Å². The van der Waals surface area contributed by atoms with E-state index in [1.165, 1.54) is 12.8 Å². The molecule has 0 bridgehead atoms. The standard InChI is InChI=1S/C14H14BrN5OS2/c1-2-20-13(8-3-4-8)17-18-14(20)23-7-11-16-12(19-21-11)10-5-9(15)6-22-10/h5-6,8H,2-4,7H2,1H3. The minimum absolute atomic E-state index is 0.600. The number of aromatic nitrogens is 5. The first-order valence-electron chi connectivity index (χ1n) is 7.37. The third-order valence-electron chi connectivity index (χ3n) is 3.58. The van der Waals surface area contributed by atoms with E-state index >= 15 is 0 Å². The molecule has 0 unspecified atom stereocenters. The molecule has 0 aliphatic heterocycles.